The van der Waals surface area contributed by atoms with Crippen molar-refractivity contribution in [1.29, 1.82) is 0 Å². The summed E-state index contributed by atoms with van der Waals surface area (Å²) in [5, 5.41) is 11.3. The molecular formula is C25H24N2O6S. The number of fused-ring (bicyclic) bond motifs is 1. The SMILES string of the molecule is CCOC(=O)c1cc2c(C(O)c3ccccc3)cn(C)c(=O)c2n1S(=O)(=O)c1ccc(C)cc1. The summed E-state index contributed by atoms with van der Waals surface area (Å²) in [6.45, 7) is 3.43. The molecule has 2 heterocycles. The largest absolute Gasteiger partial charge is 0.461 e. The lowest BCUT2D eigenvalue weighted by molar-refractivity contribution is 0.0518. The van der Waals surface area contributed by atoms with Crippen molar-refractivity contribution in [2.75, 3.05) is 6.61 Å². The zero-order valence-electron chi connectivity index (χ0n) is 18.9. The summed E-state index contributed by atoms with van der Waals surface area (Å²) in [6.07, 6.45) is 0.281. The lowest BCUT2D eigenvalue weighted by Crippen LogP contribution is -2.26. The number of hydrogen-bond acceptors (Lipinski definition) is 6. The minimum Gasteiger partial charge on any atom is -0.461 e. The lowest BCUT2D eigenvalue weighted by atomic mass is 10.00. The summed E-state index contributed by atoms with van der Waals surface area (Å²) in [7, 11) is -2.90. The van der Waals surface area contributed by atoms with Crippen molar-refractivity contribution in [3.63, 3.8) is 0 Å². The number of aliphatic hydroxyl groups is 1. The third-order valence-corrected chi connectivity index (χ3v) is 7.31. The van der Waals surface area contributed by atoms with Crippen LogP contribution in [-0.2, 0) is 21.8 Å². The maximum atomic E-state index is 13.7. The number of ether oxygens (including phenoxy) is 1. The molecule has 0 bridgehead atoms. The molecule has 176 valence electrons. The van der Waals surface area contributed by atoms with E-state index in [1.54, 1.807) is 49.4 Å². The summed E-state index contributed by atoms with van der Waals surface area (Å²) in [5.74, 6) is -0.892. The van der Waals surface area contributed by atoms with Crippen molar-refractivity contribution in [2.24, 2.45) is 7.05 Å². The maximum Gasteiger partial charge on any atom is 0.356 e. The van der Waals surface area contributed by atoms with Crippen LogP contribution < -0.4 is 5.56 Å². The van der Waals surface area contributed by atoms with E-state index in [9.17, 15) is 23.1 Å². The third-order valence-electron chi connectivity index (χ3n) is 5.58. The Balaban J connectivity index is 2.10. The predicted octanol–water partition coefficient (Wildman–Crippen LogP) is 3.14. The van der Waals surface area contributed by atoms with Crippen LogP contribution >= 0.6 is 0 Å². The quantitative estimate of drug-likeness (QED) is 0.425. The van der Waals surface area contributed by atoms with Gasteiger partial charge in [0, 0.05) is 24.2 Å². The van der Waals surface area contributed by atoms with Crippen LogP contribution in [0.4, 0.5) is 0 Å². The summed E-state index contributed by atoms with van der Waals surface area (Å²) >= 11 is 0. The van der Waals surface area contributed by atoms with Gasteiger partial charge in [0.05, 0.1) is 11.5 Å². The van der Waals surface area contributed by atoms with E-state index in [0.717, 1.165) is 9.54 Å². The summed E-state index contributed by atoms with van der Waals surface area (Å²) < 4.78 is 34.5. The van der Waals surface area contributed by atoms with Gasteiger partial charge in [-0.25, -0.2) is 17.2 Å². The van der Waals surface area contributed by atoms with E-state index in [4.69, 9.17) is 4.74 Å². The molecule has 2 aromatic carbocycles. The smallest absolute Gasteiger partial charge is 0.356 e. The van der Waals surface area contributed by atoms with E-state index >= 15 is 0 Å². The van der Waals surface area contributed by atoms with Crippen molar-refractivity contribution in [2.45, 2.75) is 24.8 Å². The molecule has 0 saturated carbocycles. The molecule has 4 aromatic rings. The second-order valence-corrected chi connectivity index (χ2v) is 9.70. The highest BCUT2D eigenvalue weighted by molar-refractivity contribution is 7.90. The monoisotopic (exact) mass is 480 g/mol. The van der Waals surface area contributed by atoms with Crippen LogP contribution in [0.1, 0.15) is 40.2 Å². The standard InChI is InChI=1S/C25H24N2O6S/c1-4-33-25(30)21-14-19-20(23(28)17-8-6-5-7-9-17)15-26(3)24(29)22(19)27(21)34(31,32)18-12-10-16(2)11-13-18/h5-15,23,28H,4H2,1-3H3. The van der Waals surface area contributed by atoms with E-state index in [2.05, 4.69) is 0 Å². The highest BCUT2D eigenvalue weighted by Gasteiger charge is 2.31. The molecule has 1 unspecified atom stereocenters. The molecule has 2 aromatic heterocycles. The first-order valence-corrected chi connectivity index (χ1v) is 12.1. The second kappa shape index (κ2) is 8.92. The van der Waals surface area contributed by atoms with Crippen LogP contribution in [0.3, 0.4) is 0 Å². The number of esters is 1. The van der Waals surface area contributed by atoms with Gasteiger partial charge in [-0.2, -0.15) is 0 Å². The molecule has 0 fully saturated rings. The molecule has 0 aliphatic carbocycles. The van der Waals surface area contributed by atoms with Gasteiger partial charge in [0.1, 0.15) is 17.3 Å². The van der Waals surface area contributed by atoms with Crippen LogP contribution in [0.5, 0.6) is 0 Å². The molecule has 0 aliphatic rings. The molecule has 0 radical (unpaired) electrons. The first-order chi connectivity index (χ1) is 16.2. The fraction of sp³-hybridized carbons (Fsp3) is 0.200. The van der Waals surface area contributed by atoms with E-state index in [-0.39, 0.29) is 33.7 Å². The first-order valence-electron chi connectivity index (χ1n) is 10.6. The molecule has 0 saturated heterocycles. The Morgan fingerprint density at radius 1 is 1.09 bits per heavy atom. The van der Waals surface area contributed by atoms with E-state index in [1.807, 2.05) is 6.92 Å². The molecule has 0 aliphatic heterocycles. The number of aliphatic hydroxyl groups excluding tert-OH is 1. The Labute approximate surface area is 196 Å². The Morgan fingerprint density at radius 2 is 1.74 bits per heavy atom. The summed E-state index contributed by atoms with van der Waals surface area (Å²) in [6, 6.07) is 16.1. The predicted molar refractivity (Wildman–Crippen MR) is 127 cm³/mol. The number of hydrogen-bond donors (Lipinski definition) is 1. The van der Waals surface area contributed by atoms with E-state index in [1.165, 1.54) is 36.0 Å². The number of carbonyl (C=O) groups excluding carboxylic acids is 1. The van der Waals surface area contributed by atoms with E-state index < -0.39 is 27.7 Å². The van der Waals surface area contributed by atoms with Gasteiger partial charge in [0.15, 0.2) is 0 Å². The highest BCUT2D eigenvalue weighted by atomic mass is 32.2. The highest BCUT2D eigenvalue weighted by Crippen LogP contribution is 2.32. The Bertz CT molecular complexity index is 1530. The van der Waals surface area contributed by atoms with Crippen LogP contribution in [0.25, 0.3) is 10.9 Å². The molecular weight excluding hydrogens is 456 g/mol. The molecule has 8 nitrogen and oxygen atoms in total. The topological polar surface area (TPSA) is 108 Å². The summed E-state index contributed by atoms with van der Waals surface area (Å²) in [5.41, 5.74) is 0.498. The molecule has 0 spiro atoms. The first kappa shape index (κ1) is 23.5. The number of nitrogens with zero attached hydrogens (tertiary/aromatic N) is 2. The Hall–Kier alpha value is -3.69. The van der Waals surface area contributed by atoms with Gasteiger partial charge < -0.3 is 14.4 Å². The van der Waals surface area contributed by atoms with Gasteiger partial charge in [-0.3, -0.25) is 4.79 Å². The van der Waals surface area contributed by atoms with Gasteiger partial charge in [0.25, 0.3) is 15.6 Å². The minimum atomic E-state index is -4.36. The van der Waals surface area contributed by atoms with Crippen LogP contribution in [0.2, 0.25) is 0 Å². The minimum absolute atomic E-state index is 0.0163. The fourth-order valence-electron chi connectivity index (χ4n) is 3.86. The zero-order valence-corrected chi connectivity index (χ0v) is 19.7. The third kappa shape index (κ3) is 3.93. The summed E-state index contributed by atoms with van der Waals surface area (Å²) in [4.78, 5) is 26.0. The zero-order chi connectivity index (χ0) is 24.6. The molecule has 1 N–H and O–H groups in total. The van der Waals surface area contributed by atoms with Gasteiger partial charge in [-0.1, -0.05) is 48.0 Å². The van der Waals surface area contributed by atoms with Crippen molar-refractivity contribution >= 4 is 26.9 Å². The Kier molecular flexibility index (Phi) is 6.16. The normalized spacial score (nSPS) is 12.6. The molecule has 4 rings (SSSR count). The average molecular weight is 481 g/mol. The average Bonchev–Trinajstić information content (AvgIpc) is 3.24. The molecule has 34 heavy (non-hydrogen) atoms. The van der Waals surface area contributed by atoms with Gasteiger partial charge in [-0.05, 0) is 37.6 Å². The van der Waals surface area contributed by atoms with Crippen LogP contribution in [0.15, 0.2) is 76.6 Å². The lowest BCUT2D eigenvalue weighted by Gasteiger charge is -2.15. The van der Waals surface area contributed by atoms with Crippen molar-refractivity contribution in [3.05, 3.63) is 99.6 Å². The van der Waals surface area contributed by atoms with Crippen molar-refractivity contribution in [1.82, 2.24) is 8.54 Å². The number of carbonyl (C=O) groups is 1. The fourth-order valence-corrected chi connectivity index (χ4v) is 5.36. The van der Waals surface area contributed by atoms with Gasteiger partial charge in [-0.15, -0.1) is 0 Å². The number of rotatable bonds is 6. The number of aromatic nitrogens is 2. The van der Waals surface area contributed by atoms with Crippen LogP contribution in [0, 0.1) is 6.92 Å². The number of aryl methyl sites for hydroxylation is 2. The molecule has 9 heteroatoms. The van der Waals surface area contributed by atoms with Gasteiger partial charge in [0.2, 0.25) is 0 Å². The van der Waals surface area contributed by atoms with Gasteiger partial charge >= 0.3 is 5.97 Å². The Morgan fingerprint density at radius 3 is 2.35 bits per heavy atom. The molecule has 1 atom stereocenters. The van der Waals surface area contributed by atoms with E-state index in [0.29, 0.717) is 5.56 Å². The number of benzene rings is 2. The second-order valence-electron chi connectivity index (χ2n) is 7.91. The molecule has 0 amide bonds. The van der Waals surface area contributed by atoms with Crippen molar-refractivity contribution in [3.8, 4) is 0 Å². The van der Waals surface area contributed by atoms with Crippen LogP contribution in [-0.4, -0.2) is 34.6 Å². The maximum absolute atomic E-state index is 13.7. The van der Waals surface area contributed by atoms with Crippen molar-refractivity contribution < 1.29 is 23.1 Å². The number of pyridine rings is 1.